The molecule has 0 aliphatic carbocycles. The van der Waals surface area contributed by atoms with Crippen molar-refractivity contribution in [2.45, 2.75) is 43.1 Å². The normalized spacial score (nSPS) is 11.6. The first-order valence-electron chi connectivity index (χ1n) is 10.4. The van der Waals surface area contributed by atoms with E-state index >= 15 is 0 Å². The summed E-state index contributed by atoms with van der Waals surface area (Å²) in [6.07, 6.45) is 3.47. The fourth-order valence-corrected chi connectivity index (χ4v) is 4.85. The second-order valence-corrected chi connectivity index (χ2v) is 9.55. The predicted molar refractivity (Wildman–Crippen MR) is 123 cm³/mol. The molecule has 3 aromatic heterocycles. The van der Waals surface area contributed by atoms with Crippen LogP contribution in [0.15, 0.2) is 80.0 Å². The SMILES string of the molecule is CCc1ccc(S(=O)(=O)c2cn(CC(=O)NCc3ccco3)c3nc(C)ccc3c2=O)cc1. The second kappa shape index (κ2) is 9.03. The maximum atomic E-state index is 13.3. The van der Waals surface area contributed by atoms with Crippen LogP contribution in [0.5, 0.6) is 0 Å². The summed E-state index contributed by atoms with van der Waals surface area (Å²) in [7, 11) is -4.11. The van der Waals surface area contributed by atoms with E-state index in [1.165, 1.54) is 35.2 Å². The number of hydrogen-bond acceptors (Lipinski definition) is 6. The van der Waals surface area contributed by atoms with Crippen LogP contribution in [0.1, 0.15) is 23.9 Å². The van der Waals surface area contributed by atoms with E-state index in [2.05, 4.69) is 10.3 Å². The number of carbonyl (C=O) groups excluding carboxylic acids is 1. The van der Waals surface area contributed by atoms with E-state index in [1.54, 1.807) is 37.3 Å². The Balaban J connectivity index is 1.77. The Labute approximate surface area is 190 Å². The van der Waals surface area contributed by atoms with E-state index in [-0.39, 0.29) is 34.9 Å². The molecule has 170 valence electrons. The summed E-state index contributed by atoms with van der Waals surface area (Å²) in [4.78, 5) is 29.8. The quantitative estimate of drug-likeness (QED) is 0.449. The molecule has 0 bridgehead atoms. The maximum Gasteiger partial charge on any atom is 0.240 e. The Morgan fingerprint density at radius 3 is 2.55 bits per heavy atom. The number of aryl methyl sites for hydroxylation is 2. The van der Waals surface area contributed by atoms with Crippen LogP contribution in [0.2, 0.25) is 0 Å². The van der Waals surface area contributed by atoms with Crippen LogP contribution in [0.3, 0.4) is 0 Å². The number of furan rings is 1. The molecule has 4 rings (SSSR count). The molecule has 1 N–H and O–H groups in total. The van der Waals surface area contributed by atoms with Crippen LogP contribution in [0.25, 0.3) is 11.0 Å². The highest BCUT2D eigenvalue weighted by atomic mass is 32.2. The monoisotopic (exact) mass is 465 g/mol. The third-order valence-electron chi connectivity index (χ3n) is 5.31. The van der Waals surface area contributed by atoms with Crippen LogP contribution in [-0.2, 0) is 34.1 Å². The molecule has 0 spiro atoms. The summed E-state index contributed by atoms with van der Waals surface area (Å²) in [6.45, 7) is 3.69. The van der Waals surface area contributed by atoms with E-state index < -0.39 is 20.2 Å². The Morgan fingerprint density at radius 2 is 1.88 bits per heavy atom. The van der Waals surface area contributed by atoms with Crippen molar-refractivity contribution in [3.05, 3.63) is 88.2 Å². The van der Waals surface area contributed by atoms with Crippen molar-refractivity contribution in [2.75, 3.05) is 0 Å². The molecule has 0 aliphatic heterocycles. The van der Waals surface area contributed by atoms with Gasteiger partial charge in [0.25, 0.3) is 0 Å². The minimum atomic E-state index is -4.11. The van der Waals surface area contributed by atoms with Gasteiger partial charge in [-0.3, -0.25) is 9.59 Å². The number of fused-ring (bicyclic) bond motifs is 1. The lowest BCUT2D eigenvalue weighted by Crippen LogP contribution is -2.29. The Hall–Kier alpha value is -3.72. The number of sulfone groups is 1. The molecule has 3 heterocycles. The zero-order valence-corrected chi connectivity index (χ0v) is 19.1. The van der Waals surface area contributed by atoms with Gasteiger partial charge in [0, 0.05) is 11.9 Å². The lowest BCUT2D eigenvalue weighted by Gasteiger charge is -2.14. The molecule has 9 heteroatoms. The number of amides is 1. The third-order valence-corrected chi connectivity index (χ3v) is 7.08. The van der Waals surface area contributed by atoms with Gasteiger partial charge in [-0.2, -0.15) is 0 Å². The number of hydrogen-bond donors (Lipinski definition) is 1. The van der Waals surface area contributed by atoms with Crippen LogP contribution in [0.4, 0.5) is 0 Å². The van der Waals surface area contributed by atoms with Crippen molar-refractivity contribution in [1.29, 1.82) is 0 Å². The van der Waals surface area contributed by atoms with Crippen molar-refractivity contribution < 1.29 is 17.6 Å². The fraction of sp³-hybridized carbons (Fsp3) is 0.208. The molecular formula is C24H23N3O5S. The molecule has 0 atom stereocenters. The Bertz CT molecular complexity index is 1470. The van der Waals surface area contributed by atoms with Crippen molar-refractivity contribution in [1.82, 2.24) is 14.9 Å². The molecule has 0 fully saturated rings. The highest BCUT2D eigenvalue weighted by Gasteiger charge is 2.25. The summed E-state index contributed by atoms with van der Waals surface area (Å²) in [6, 6.07) is 13.0. The summed E-state index contributed by atoms with van der Waals surface area (Å²) < 4.78 is 33.3. The molecule has 0 aliphatic rings. The number of nitrogens with zero attached hydrogens (tertiary/aromatic N) is 2. The van der Waals surface area contributed by atoms with Gasteiger partial charge in [-0.05, 0) is 55.3 Å². The van der Waals surface area contributed by atoms with Gasteiger partial charge in [-0.15, -0.1) is 0 Å². The molecule has 33 heavy (non-hydrogen) atoms. The fourth-order valence-electron chi connectivity index (χ4n) is 3.49. The average molecular weight is 466 g/mol. The molecule has 1 aromatic carbocycles. The number of aromatic nitrogens is 2. The molecule has 4 aromatic rings. The van der Waals surface area contributed by atoms with Gasteiger partial charge in [-0.25, -0.2) is 13.4 Å². The van der Waals surface area contributed by atoms with Crippen LogP contribution in [0, 0.1) is 6.92 Å². The van der Waals surface area contributed by atoms with Gasteiger partial charge in [0.15, 0.2) is 0 Å². The summed E-state index contributed by atoms with van der Waals surface area (Å²) in [5.41, 5.74) is 1.22. The maximum absolute atomic E-state index is 13.3. The molecule has 1 amide bonds. The molecule has 0 saturated heterocycles. The lowest BCUT2D eigenvalue weighted by atomic mass is 10.2. The highest BCUT2D eigenvalue weighted by Crippen LogP contribution is 2.21. The largest absolute Gasteiger partial charge is 0.467 e. The van der Waals surface area contributed by atoms with E-state index in [9.17, 15) is 18.0 Å². The average Bonchev–Trinajstić information content (AvgIpc) is 3.33. The van der Waals surface area contributed by atoms with Crippen LogP contribution < -0.4 is 10.7 Å². The van der Waals surface area contributed by atoms with Crippen molar-refractivity contribution in [3.63, 3.8) is 0 Å². The number of nitrogens with one attached hydrogen (secondary N) is 1. The zero-order chi connectivity index (χ0) is 23.6. The summed E-state index contributed by atoms with van der Waals surface area (Å²) >= 11 is 0. The van der Waals surface area contributed by atoms with Crippen LogP contribution in [-0.4, -0.2) is 23.9 Å². The predicted octanol–water partition coefficient (Wildman–Crippen LogP) is 3.01. The second-order valence-electron chi connectivity index (χ2n) is 7.63. The smallest absolute Gasteiger partial charge is 0.240 e. The minimum absolute atomic E-state index is 0.0186. The zero-order valence-electron chi connectivity index (χ0n) is 18.2. The first kappa shape index (κ1) is 22.5. The molecular weight excluding hydrogens is 442 g/mol. The summed E-state index contributed by atoms with van der Waals surface area (Å²) in [5.74, 6) is 0.205. The Kier molecular flexibility index (Phi) is 6.15. The summed E-state index contributed by atoms with van der Waals surface area (Å²) in [5, 5.41) is 2.85. The minimum Gasteiger partial charge on any atom is -0.467 e. The van der Waals surface area contributed by atoms with E-state index in [0.29, 0.717) is 11.5 Å². The van der Waals surface area contributed by atoms with Gasteiger partial charge >= 0.3 is 0 Å². The van der Waals surface area contributed by atoms with E-state index in [0.717, 1.165) is 12.0 Å². The van der Waals surface area contributed by atoms with Gasteiger partial charge in [-0.1, -0.05) is 19.1 Å². The first-order chi connectivity index (χ1) is 15.8. The third kappa shape index (κ3) is 4.58. The van der Waals surface area contributed by atoms with Gasteiger partial charge < -0.3 is 14.3 Å². The van der Waals surface area contributed by atoms with Crippen molar-refractivity contribution in [2.24, 2.45) is 0 Å². The first-order valence-corrected chi connectivity index (χ1v) is 11.9. The lowest BCUT2D eigenvalue weighted by molar-refractivity contribution is -0.121. The molecule has 0 unspecified atom stereocenters. The Morgan fingerprint density at radius 1 is 1.12 bits per heavy atom. The number of pyridine rings is 2. The number of rotatable bonds is 7. The highest BCUT2D eigenvalue weighted by molar-refractivity contribution is 7.91. The van der Waals surface area contributed by atoms with Gasteiger partial charge in [0.1, 0.15) is 22.8 Å². The van der Waals surface area contributed by atoms with E-state index in [1.807, 2.05) is 6.92 Å². The molecule has 0 radical (unpaired) electrons. The van der Waals surface area contributed by atoms with Crippen molar-refractivity contribution in [3.8, 4) is 0 Å². The van der Waals surface area contributed by atoms with Crippen LogP contribution >= 0.6 is 0 Å². The van der Waals surface area contributed by atoms with Gasteiger partial charge in [0.05, 0.1) is 23.1 Å². The standard InChI is InChI=1S/C24H23N3O5S/c1-3-17-7-9-19(10-8-17)33(30,31)21-14-27(15-22(28)25-13-18-5-4-12-32-18)24-20(23(21)29)11-6-16(2)26-24/h4-12,14H,3,13,15H2,1-2H3,(H,25,28). The molecule has 0 saturated carbocycles. The number of benzene rings is 1. The van der Waals surface area contributed by atoms with Crippen molar-refractivity contribution >= 4 is 26.8 Å². The number of carbonyl (C=O) groups is 1. The van der Waals surface area contributed by atoms with E-state index in [4.69, 9.17) is 4.42 Å². The van der Waals surface area contributed by atoms with Gasteiger partial charge in [0.2, 0.25) is 21.2 Å². The topological polar surface area (TPSA) is 111 Å². The molecule has 8 nitrogen and oxygen atoms in total.